The molecule has 0 unspecified atom stereocenters. The Morgan fingerprint density at radius 1 is 1.24 bits per heavy atom. The summed E-state index contributed by atoms with van der Waals surface area (Å²) in [6.45, 7) is 2.57. The van der Waals surface area contributed by atoms with Crippen molar-refractivity contribution in [3.8, 4) is 12.1 Å². The van der Waals surface area contributed by atoms with E-state index in [9.17, 15) is 15.2 Å². The highest BCUT2D eigenvalue weighted by molar-refractivity contribution is 5.84. The fourth-order valence-corrected chi connectivity index (χ4v) is 5.77. The van der Waals surface area contributed by atoms with Crippen LogP contribution in [0.2, 0.25) is 0 Å². The molecule has 0 radical (unpaired) electrons. The topological polar surface area (TPSA) is 123 Å². The molecular formula is C27H30N8O3. The molecule has 2 saturated heterocycles. The van der Waals surface area contributed by atoms with Gasteiger partial charge in [-0.3, -0.25) is 0 Å². The van der Waals surface area contributed by atoms with Gasteiger partial charge in [-0.25, -0.2) is 14.3 Å². The van der Waals surface area contributed by atoms with E-state index in [1.165, 1.54) is 10.5 Å². The fraction of sp³-hybridized carbons (Fsp3) is 0.444. The number of allylic oxidation sites excluding steroid dienone is 1. The molecule has 6 rings (SSSR count). The van der Waals surface area contributed by atoms with E-state index in [0.717, 1.165) is 42.6 Å². The number of aromatic nitrogens is 4. The molecule has 11 heteroatoms. The Morgan fingerprint density at radius 3 is 2.89 bits per heavy atom. The lowest BCUT2D eigenvalue weighted by atomic mass is 10.0. The number of fused-ring (bicyclic) bond motifs is 2. The molecule has 1 aromatic carbocycles. The van der Waals surface area contributed by atoms with Crippen LogP contribution < -0.4 is 9.64 Å². The van der Waals surface area contributed by atoms with E-state index in [-0.39, 0.29) is 19.0 Å². The van der Waals surface area contributed by atoms with Crippen LogP contribution in [0.25, 0.3) is 11.2 Å². The first-order valence-electron chi connectivity index (χ1n) is 13.0. The predicted octanol–water partition coefficient (Wildman–Crippen LogP) is 2.67. The first-order chi connectivity index (χ1) is 18.5. The highest BCUT2D eigenvalue weighted by atomic mass is 16.5. The molecule has 0 saturated carbocycles. The summed E-state index contributed by atoms with van der Waals surface area (Å²) in [6.07, 6.45) is 6.15. The van der Waals surface area contributed by atoms with E-state index >= 15 is 0 Å². The molecule has 2 fully saturated rings. The quantitative estimate of drug-likeness (QED) is 0.529. The summed E-state index contributed by atoms with van der Waals surface area (Å²) in [7, 11) is 2.10. The van der Waals surface area contributed by atoms with Crippen molar-refractivity contribution >= 4 is 23.1 Å². The van der Waals surface area contributed by atoms with Crippen LogP contribution in [0.1, 0.15) is 36.1 Å². The second-order valence-corrected chi connectivity index (χ2v) is 10.1. The van der Waals surface area contributed by atoms with E-state index < -0.39 is 12.1 Å². The van der Waals surface area contributed by atoms with E-state index in [1.807, 2.05) is 23.2 Å². The Morgan fingerprint density at radius 2 is 2.11 bits per heavy atom. The predicted molar refractivity (Wildman–Crippen MR) is 140 cm³/mol. The number of carbonyl (C=O) groups is 1. The normalized spacial score (nSPS) is 21.4. The average molecular weight is 515 g/mol. The van der Waals surface area contributed by atoms with Gasteiger partial charge < -0.3 is 24.5 Å². The molecule has 38 heavy (non-hydrogen) atoms. The molecule has 4 heterocycles. The van der Waals surface area contributed by atoms with Crippen LogP contribution in [0.5, 0.6) is 6.01 Å². The third-order valence-electron chi connectivity index (χ3n) is 7.87. The summed E-state index contributed by atoms with van der Waals surface area (Å²) in [4.78, 5) is 26.9. The number of nitrogens with zero attached hydrogens (tertiary/aromatic N) is 8. The van der Waals surface area contributed by atoms with Crippen molar-refractivity contribution in [1.29, 1.82) is 5.26 Å². The van der Waals surface area contributed by atoms with Crippen molar-refractivity contribution in [2.24, 2.45) is 0 Å². The lowest BCUT2D eigenvalue weighted by Crippen LogP contribution is -2.55. The summed E-state index contributed by atoms with van der Waals surface area (Å²) < 4.78 is 7.97. The van der Waals surface area contributed by atoms with Crippen LogP contribution in [0, 0.1) is 11.3 Å². The highest BCUT2D eigenvalue weighted by Gasteiger charge is 2.33. The first kappa shape index (κ1) is 24.2. The summed E-state index contributed by atoms with van der Waals surface area (Å²) in [5.41, 5.74) is 4.92. The minimum Gasteiger partial charge on any atom is -0.465 e. The van der Waals surface area contributed by atoms with Crippen LogP contribution in [0.4, 0.5) is 10.6 Å². The second kappa shape index (κ2) is 9.95. The van der Waals surface area contributed by atoms with Gasteiger partial charge in [0, 0.05) is 31.2 Å². The van der Waals surface area contributed by atoms with Gasteiger partial charge in [0.2, 0.25) is 0 Å². The number of carboxylic acid groups (broad SMARTS) is 1. The van der Waals surface area contributed by atoms with Gasteiger partial charge in [0.1, 0.15) is 6.61 Å². The number of nitriles is 1. The Kier molecular flexibility index (Phi) is 6.33. The smallest absolute Gasteiger partial charge is 0.407 e. The monoisotopic (exact) mass is 514 g/mol. The summed E-state index contributed by atoms with van der Waals surface area (Å²) in [5.74, 6) is 0.584. The number of ether oxygens (including phenoxy) is 1. The number of rotatable bonds is 6. The second-order valence-electron chi connectivity index (χ2n) is 10.1. The molecule has 1 N–H and O–H groups in total. The number of benzene rings is 1. The zero-order chi connectivity index (χ0) is 26.2. The lowest BCUT2D eigenvalue weighted by Gasteiger charge is -2.39. The number of hydrogen-bond donors (Lipinski definition) is 1. The minimum atomic E-state index is -1.02. The van der Waals surface area contributed by atoms with Crippen molar-refractivity contribution < 1.29 is 14.6 Å². The van der Waals surface area contributed by atoms with Gasteiger partial charge >= 0.3 is 12.1 Å². The van der Waals surface area contributed by atoms with Crippen molar-refractivity contribution in [1.82, 2.24) is 29.4 Å². The van der Waals surface area contributed by atoms with Crippen molar-refractivity contribution in [2.75, 3.05) is 44.7 Å². The molecule has 1 amide bonds. The standard InChI is InChI=1S/C27H30N8O3/c1-32-12-4-6-20(32)17-38-26-30-25(33-13-14-34(27(36)37)19(16-33)10-11-28)24-29-15-23(35(24)31-26)22-9-8-18-5-2-3-7-21(18)22/h2-3,5,7,9,15,19-20H,4,6,8,10,12-14,16-17H2,1H3,(H,36,37)/t19-,20-/m0/s1. The molecular weight excluding hydrogens is 484 g/mol. The first-order valence-corrected chi connectivity index (χ1v) is 13.0. The number of anilines is 1. The van der Waals surface area contributed by atoms with E-state index in [1.54, 1.807) is 4.52 Å². The number of piperazine rings is 1. The molecule has 1 aliphatic carbocycles. The number of hydrogen-bond acceptors (Lipinski definition) is 8. The van der Waals surface area contributed by atoms with Crippen LogP contribution in [0.3, 0.4) is 0 Å². The van der Waals surface area contributed by atoms with Gasteiger partial charge in [0.15, 0.2) is 11.5 Å². The van der Waals surface area contributed by atoms with Crippen molar-refractivity contribution in [3.05, 3.63) is 53.4 Å². The maximum Gasteiger partial charge on any atom is 0.407 e. The maximum absolute atomic E-state index is 11.8. The maximum atomic E-state index is 11.8. The lowest BCUT2D eigenvalue weighted by molar-refractivity contribution is 0.119. The Bertz CT molecular complexity index is 1440. The molecule has 3 aliphatic rings. The van der Waals surface area contributed by atoms with Gasteiger partial charge in [0.05, 0.1) is 30.4 Å². The Hall–Kier alpha value is -4.17. The SMILES string of the molecule is CN1CCC[C@H]1COc1nc(N2CCN(C(=O)O)[C@@H](CC#N)C2)c2ncc(C3=CCc4ccccc43)n2n1. The Balaban J connectivity index is 1.39. The third kappa shape index (κ3) is 4.31. The van der Waals surface area contributed by atoms with Crippen molar-refractivity contribution in [3.63, 3.8) is 0 Å². The third-order valence-corrected chi connectivity index (χ3v) is 7.87. The molecule has 3 aromatic rings. The molecule has 196 valence electrons. The molecule has 0 spiro atoms. The molecule has 2 atom stereocenters. The van der Waals surface area contributed by atoms with Crippen LogP contribution in [-0.4, -0.2) is 92.5 Å². The molecule has 0 bridgehead atoms. The highest BCUT2D eigenvalue weighted by Crippen LogP contribution is 2.34. The zero-order valence-electron chi connectivity index (χ0n) is 21.3. The summed E-state index contributed by atoms with van der Waals surface area (Å²) in [5, 5.41) is 23.7. The molecule has 11 nitrogen and oxygen atoms in total. The fourth-order valence-electron chi connectivity index (χ4n) is 5.77. The average Bonchev–Trinajstić information content (AvgIpc) is 3.65. The van der Waals surface area contributed by atoms with Crippen LogP contribution in [0.15, 0.2) is 36.5 Å². The zero-order valence-corrected chi connectivity index (χ0v) is 21.3. The number of likely N-dealkylation sites (tertiary alicyclic amines) is 1. The van der Waals surface area contributed by atoms with E-state index in [0.29, 0.717) is 37.2 Å². The van der Waals surface area contributed by atoms with Gasteiger partial charge in [-0.15, -0.1) is 5.10 Å². The van der Waals surface area contributed by atoms with E-state index in [4.69, 9.17) is 19.8 Å². The van der Waals surface area contributed by atoms with Gasteiger partial charge in [0.25, 0.3) is 0 Å². The van der Waals surface area contributed by atoms with Gasteiger partial charge in [-0.05, 0) is 44.0 Å². The number of amides is 1. The van der Waals surface area contributed by atoms with Gasteiger partial charge in [-0.1, -0.05) is 30.3 Å². The minimum absolute atomic E-state index is 0.102. The van der Waals surface area contributed by atoms with Gasteiger partial charge in [-0.2, -0.15) is 10.2 Å². The summed E-state index contributed by atoms with van der Waals surface area (Å²) >= 11 is 0. The number of imidazole rings is 1. The largest absolute Gasteiger partial charge is 0.465 e. The van der Waals surface area contributed by atoms with Crippen molar-refractivity contribution in [2.45, 2.75) is 37.8 Å². The van der Waals surface area contributed by atoms with Crippen LogP contribution in [-0.2, 0) is 6.42 Å². The number of likely N-dealkylation sites (N-methyl/N-ethyl adjacent to an activating group) is 1. The van der Waals surface area contributed by atoms with E-state index in [2.05, 4.69) is 36.2 Å². The Labute approximate surface area is 220 Å². The van der Waals surface area contributed by atoms with Crippen LogP contribution >= 0.6 is 0 Å². The molecule has 2 aliphatic heterocycles. The summed E-state index contributed by atoms with van der Waals surface area (Å²) in [6, 6.07) is 10.6. The molecule has 2 aromatic heterocycles.